The highest BCUT2D eigenvalue weighted by Crippen LogP contribution is 2.42. The number of halogens is 2. The van der Waals surface area contributed by atoms with E-state index in [4.69, 9.17) is 23.2 Å². The summed E-state index contributed by atoms with van der Waals surface area (Å²) in [5.74, 6) is 0.500. The number of carbonyl (C=O) groups excluding carboxylic acids is 1. The maximum absolute atomic E-state index is 13.3. The van der Waals surface area contributed by atoms with Crippen LogP contribution in [0.4, 0.5) is 5.69 Å². The smallest absolute Gasteiger partial charge is 0.238 e. The maximum Gasteiger partial charge on any atom is 0.238 e. The zero-order valence-corrected chi connectivity index (χ0v) is 23.8. The van der Waals surface area contributed by atoms with Gasteiger partial charge in [0.1, 0.15) is 0 Å². The second kappa shape index (κ2) is 12.0. The first-order chi connectivity index (χ1) is 19.0. The Morgan fingerprint density at radius 2 is 1.59 bits per heavy atom. The van der Waals surface area contributed by atoms with Crippen molar-refractivity contribution in [3.05, 3.63) is 82.1 Å². The standard InChI is InChI=1S/C32H36Cl2N4O/c33-26-18-27(34)20-28(19-26)36-31(39)21-38-16-11-25-17-24(22-7-12-35-13-8-22)5-6-30(25)32(38)23-9-14-37(15-10-23)29-3-1-2-4-29/h5-8,12-13,17-20,23,29,32H,1-4,9-11,14-16,21H2,(H,36,39). The first-order valence-electron chi connectivity index (χ1n) is 14.3. The third-order valence-electron chi connectivity index (χ3n) is 8.89. The van der Waals surface area contributed by atoms with Crippen LogP contribution in [0.15, 0.2) is 60.9 Å². The van der Waals surface area contributed by atoms with Gasteiger partial charge in [-0.25, -0.2) is 0 Å². The second-order valence-corrected chi connectivity index (χ2v) is 12.2. The number of fused-ring (bicyclic) bond motifs is 1. The van der Waals surface area contributed by atoms with Crippen molar-refractivity contribution in [2.75, 3.05) is 31.5 Å². The summed E-state index contributed by atoms with van der Waals surface area (Å²) in [6.45, 7) is 3.54. The lowest BCUT2D eigenvalue weighted by molar-refractivity contribution is -0.118. The minimum absolute atomic E-state index is 0.0291. The van der Waals surface area contributed by atoms with Gasteiger partial charge < -0.3 is 10.2 Å². The quantitative estimate of drug-likeness (QED) is 0.343. The molecule has 0 radical (unpaired) electrons. The monoisotopic (exact) mass is 562 g/mol. The molecule has 1 atom stereocenters. The Labute approximate surface area is 241 Å². The summed E-state index contributed by atoms with van der Waals surface area (Å²) in [7, 11) is 0. The molecule has 0 spiro atoms. The zero-order chi connectivity index (χ0) is 26.8. The van der Waals surface area contributed by atoms with Crippen molar-refractivity contribution in [2.45, 2.75) is 57.0 Å². The van der Waals surface area contributed by atoms with Gasteiger partial charge in [-0.05, 0) is 104 Å². The molecule has 1 saturated heterocycles. The third kappa shape index (κ3) is 6.17. The van der Waals surface area contributed by atoms with E-state index in [2.05, 4.69) is 50.4 Å². The molecule has 2 aromatic carbocycles. The number of piperidine rings is 1. The van der Waals surface area contributed by atoms with Crippen molar-refractivity contribution >= 4 is 34.8 Å². The molecule has 3 heterocycles. The summed E-state index contributed by atoms with van der Waals surface area (Å²) in [6, 6.07) is 17.2. The number of aromatic nitrogens is 1. The van der Waals surface area contributed by atoms with E-state index in [9.17, 15) is 4.79 Å². The van der Waals surface area contributed by atoms with E-state index in [-0.39, 0.29) is 11.9 Å². The number of nitrogens with one attached hydrogen (secondary N) is 1. The predicted octanol–water partition coefficient (Wildman–Crippen LogP) is 7.25. The summed E-state index contributed by atoms with van der Waals surface area (Å²) in [4.78, 5) is 22.6. The van der Waals surface area contributed by atoms with Crippen molar-refractivity contribution in [1.82, 2.24) is 14.8 Å². The van der Waals surface area contributed by atoms with Gasteiger partial charge in [0, 0.05) is 46.8 Å². The van der Waals surface area contributed by atoms with Crippen LogP contribution >= 0.6 is 23.2 Å². The van der Waals surface area contributed by atoms with Crippen molar-refractivity contribution in [1.29, 1.82) is 0 Å². The lowest BCUT2D eigenvalue weighted by atomic mass is 9.79. The van der Waals surface area contributed by atoms with Gasteiger partial charge in [-0.2, -0.15) is 0 Å². The Bertz CT molecular complexity index is 1280. The molecule has 3 aromatic rings. The molecular formula is C32H36Cl2N4O. The van der Waals surface area contributed by atoms with Crippen molar-refractivity contribution in [2.24, 2.45) is 5.92 Å². The Balaban J connectivity index is 1.23. The summed E-state index contributed by atoms with van der Waals surface area (Å²) < 4.78 is 0. The average molecular weight is 564 g/mol. The minimum atomic E-state index is -0.0291. The number of benzene rings is 2. The first-order valence-corrected chi connectivity index (χ1v) is 15.1. The van der Waals surface area contributed by atoms with E-state index in [0.717, 1.165) is 32.1 Å². The van der Waals surface area contributed by atoms with Gasteiger partial charge in [-0.3, -0.25) is 14.7 Å². The van der Waals surface area contributed by atoms with E-state index >= 15 is 0 Å². The van der Waals surface area contributed by atoms with Gasteiger partial charge in [0.15, 0.2) is 0 Å². The third-order valence-corrected chi connectivity index (χ3v) is 9.33. The Kier molecular flexibility index (Phi) is 8.22. The van der Waals surface area contributed by atoms with Crippen LogP contribution in [0.1, 0.15) is 55.7 Å². The Morgan fingerprint density at radius 3 is 2.31 bits per heavy atom. The molecule has 1 aromatic heterocycles. The fourth-order valence-corrected chi connectivity index (χ4v) is 7.57. The first kappa shape index (κ1) is 26.8. The summed E-state index contributed by atoms with van der Waals surface area (Å²) in [6.07, 6.45) is 12.4. The maximum atomic E-state index is 13.3. The molecule has 6 rings (SSSR count). The molecule has 204 valence electrons. The molecule has 1 aliphatic carbocycles. The normalized spacial score (nSPS) is 21.1. The number of amides is 1. The fourth-order valence-electron chi connectivity index (χ4n) is 7.04. The largest absolute Gasteiger partial charge is 0.325 e. The molecule has 7 heteroatoms. The molecule has 1 N–H and O–H groups in total. The molecule has 5 nitrogen and oxygen atoms in total. The van der Waals surface area contributed by atoms with E-state index < -0.39 is 0 Å². The molecule has 2 aliphatic heterocycles. The van der Waals surface area contributed by atoms with Crippen LogP contribution in [0.2, 0.25) is 10.0 Å². The van der Waals surface area contributed by atoms with Crippen LogP contribution < -0.4 is 5.32 Å². The predicted molar refractivity (Wildman–Crippen MR) is 159 cm³/mol. The molecule has 3 aliphatic rings. The van der Waals surface area contributed by atoms with Gasteiger partial charge >= 0.3 is 0 Å². The van der Waals surface area contributed by atoms with Crippen LogP contribution in [0.5, 0.6) is 0 Å². The number of hydrogen-bond donors (Lipinski definition) is 1. The number of rotatable bonds is 6. The van der Waals surface area contributed by atoms with Crippen LogP contribution in [-0.2, 0) is 11.2 Å². The van der Waals surface area contributed by atoms with E-state index in [1.807, 2.05) is 12.4 Å². The average Bonchev–Trinajstić information content (AvgIpc) is 3.48. The van der Waals surface area contributed by atoms with Gasteiger partial charge in [-0.15, -0.1) is 0 Å². The van der Waals surface area contributed by atoms with E-state index in [1.54, 1.807) is 18.2 Å². The molecule has 1 saturated carbocycles. The SMILES string of the molecule is O=C(CN1CCc2cc(-c3ccncc3)ccc2C1C1CCN(C2CCCC2)CC1)Nc1cc(Cl)cc(Cl)c1. The van der Waals surface area contributed by atoms with Crippen LogP contribution in [0.3, 0.4) is 0 Å². The van der Waals surface area contributed by atoms with Gasteiger partial charge in [-0.1, -0.05) is 54.2 Å². The minimum Gasteiger partial charge on any atom is -0.325 e. The number of pyridine rings is 1. The molecule has 1 amide bonds. The van der Waals surface area contributed by atoms with Crippen molar-refractivity contribution in [3.63, 3.8) is 0 Å². The Hall–Kier alpha value is -2.44. The number of nitrogens with zero attached hydrogens (tertiary/aromatic N) is 3. The van der Waals surface area contributed by atoms with Gasteiger partial charge in [0.2, 0.25) is 5.91 Å². The number of likely N-dealkylation sites (tertiary alicyclic amines) is 1. The highest BCUT2D eigenvalue weighted by Gasteiger charge is 2.37. The van der Waals surface area contributed by atoms with Crippen LogP contribution in [-0.4, -0.2) is 52.9 Å². The Morgan fingerprint density at radius 1 is 0.872 bits per heavy atom. The number of anilines is 1. The van der Waals surface area contributed by atoms with Crippen LogP contribution in [0, 0.1) is 5.92 Å². The summed E-state index contributed by atoms with van der Waals surface area (Å²) >= 11 is 12.3. The highest BCUT2D eigenvalue weighted by atomic mass is 35.5. The van der Waals surface area contributed by atoms with E-state index in [1.165, 1.54) is 60.8 Å². The lowest BCUT2D eigenvalue weighted by Gasteiger charge is -2.45. The van der Waals surface area contributed by atoms with Crippen LogP contribution in [0.25, 0.3) is 11.1 Å². The molecule has 0 bridgehead atoms. The molecule has 2 fully saturated rings. The summed E-state index contributed by atoms with van der Waals surface area (Å²) in [5.41, 5.74) is 5.85. The zero-order valence-electron chi connectivity index (χ0n) is 22.3. The molecule has 39 heavy (non-hydrogen) atoms. The van der Waals surface area contributed by atoms with Crippen molar-refractivity contribution < 1.29 is 4.79 Å². The number of carbonyl (C=O) groups is 1. The second-order valence-electron chi connectivity index (χ2n) is 11.3. The molecule has 1 unspecified atom stereocenters. The molecular weight excluding hydrogens is 527 g/mol. The van der Waals surface area contributed by atoms with Gasteiger partial charge in [0.05, 0.1) is 6.54 Å². The highest BCUT2D eigenvalue weighted by molar-refractivity contribution is 6.35. The topological polar surface area (TPSA) is 48.5 Å². The van der Waals surface area contributed by atoms with Crippen molar-refractivity contribution in [3.8, 4) is 11.1 Å². The number of hydrogen-bond acceptors (Lipinski definition) is 4. The fraction of sp³-hybridized carbons (Fsp3) is 0.438. The van der Waals surface area contributed by atoms with Gasteiger partial charge in [0.25, 0.3) is 0 Å². The lowest BCUT2D eigenvalue weighted by Crippen LogP contribution is -2.47. The van der Waals surface area contributed by atoms with E-state index in [0.29, 0.717) is 28.2 Å². The summed E-state index contributed by atoms with van der Waals surface area (Å²) in [5, 5.41) is 4.06.